The maximum atomic E-state index is 14.2. The molecule has 7 heteroatoms. The van der Waals surface area contributed by atoms with Gasteiger partial charge in [-0.3, -0.25) is 4.79 Å². The van der Waals surface area contributed by atoms with Gasteiger partial charge in [-0.25, -0.2) is 9.59 Å². The van der Waals surface area contributed by atoms with Gasteiger partial charge in [0.05, 0.1) is 34.9 Å². The number of thioether (sulfide) groups is 2. The Kier molecular flexibility index (Phi) is 2.75. The average Bonchev–Trinajstić information content (AvgIpc) is 3.47. The van der Waals surface area contributed by atoms with Gasteiger partial charge in [0.2, 0.25) is 0 Å². The molecule has 10 atom stereocenters. The van der Waals surface area contributed by atoms with E-state index in [1.54, 1.807) is 0 Å². The second-order valence-electron chi connectivity index (χ2n) is 10.3. The zero-order chi connectivity index (χ0) is 20.4. The fraction of sp³-hybridized carbons (Fsp3) is 0.696. The van der Waals surface area contributed by atoms with Crippen molar-refractivity contribution in [1.82, 2.24) is 0 Å². The minimum absolute atomic E-state index is 0.00272. The van der Waals surface area contributed by atoms with Gasteiger partial charge in [0.25, 0.3) is 0 Å². The Morgan fingerprint density at radius 2 is 1.57 bits per heavy atom. The highest BCUT2D eigenvalue weighted by molar-refractivity contribution is 8.21. The Labute approximate surface area is 182 Å². The Hall–Kier alpha value is -1.21. The fourth-order valence-corrected chi connectivity index (χ4v) is 15.3. The predicted molar refractivity (Wildman–Crippen MR) is 110 cm³/mol. The fourth-order valence-electron chi connectivity index (χ4n) is 10.8. The van der Waals surface area contributed by atoms with Crippen molar-refractivity contribution in [3.05, 3.63) is 23.3 Å². The molecule has 30 heavy (non-hydrogen) atoms. The number of ether oxygens (including phenoxy) is 2. The number of esters is 2. The summed E-state index contributed by atoms with van der Waals surface area (Å²) in [5.74, 6) is 3.75. The minimum atomic E-state index is -0.514. The summed E-state index contributed by atoms with van der Waals surface area (Å²) in [4.78, 5) is 40.4. The normalized spacial score (nSPS) is 55.6. The molecule has 1 heterocycles. The molecule has 4 bridgehead atoms. The minimum Gasteiger partial charge on any atom is -0.466 e. The van der Waals surface area contributed by atoms with Crippen LogP contribution in [-0.4, -0.2) is 47.5 Å². The van der Waals surface area contributed by atoms with Crippen molar-refractivity contribution in [2.24, 2.45) is 58.2 Å². The highest BCUT2D eigenvalue weighted by Gasteiger charge is 3.02. The lowest BCUT2D eigenvalue weighted by Crippen LogP contribution is -2.79. The topological polar surface area (TPSA) is 69.7 Å². The number of methoxy groups -OCH3 is 2. The van der Waals surface area contributed by atoms with Gasteiger partial charge in [0.1, 0.15) is 5.78 Å². The Morgan fingerprint density at radius 3 is 2.23 bits per heavy atom. The number of allylic oxidation sites excluding steroid dienone is 2. The molecule has 0 aromatic heterocycles. The third-order valence-corrected chi connectivity index (χ3v) is 14.4. The molecule has 6 fully saturated rings. The van der Waals surface area contributed by atoms with E-state index in [1.165, 1.54) is 20.6 Å². The summed E-state index contributed by atoms with van der Waals surface area (Å²) in [6.45, 7) is 0. The van der Waals surface area contributed by atoms with Crippen molar-refractivity contribution in [3.8, 4) is 0 Å². The third kappa shape index (κ3) is 1.18. The van der Waals surface area contributed by atoms with E-state index in [0.717, 1.165) is 11.5 Å². The van der Waals surface area contributed by atoms with E-state index in [-0.39, 0.29) is 27.2 Å². The molecule has 156 valence electrons. The van der Waals surface area contributed by atoms with Gasteiger partial charge in [0, 0.05) is 34.7 Å². The first-order valence-corrected chi connectivity index (χ1v) is 12.9. The van der Waals surface area contributed by atoms with Crippen LogP contribution in [0.2, 0.25) is 0 Å². The SMILES string of the molecule is COC(=O)C1=C(C(=O)OC)[C@@H]2C=C[C@H]1[C@]13[C@H]4[C@@H]5C[C@H]6[C@H](C(=O)[C@@]21[C@H]64)[C@@H]5C31SCCS1. The molecule has 1 aliphatic heterocycles. The molecular weight excluding hydrogens is 420 g/mol. The summed E-state index contributed by atoms with van der Waals surface area (Å²) >= 11 is 4.15. The lowest BCUT2D eigenvalue weighted by Gasteiger charge is -2.76. The van der Waals surface area contributed by atoms with Gasteiger partial charge < -0.3 is 9.47 Å². The van der Waals surface area contributed by atoms with Crippen LogP contribution in [0.4, 0.5) is 0 Å². The van der Waals surface area contributed by atoms with Gasteiger partial charge in [-0.1, -0.05) is 12.2 Å². The summed E-state index contributed by atoms with van der Waals surface area (Å²) in [5.41, 5.74) is 0.130. The van der Waals surface area contributed by atoms with E-state index in [0.29, 0.717) is 46.5 Å². The first-order chi connectivity index (χ1) is 14.5. The lowest BCUT2D eigenvalue weighted by molar-refractivity contribution is -0.222. The molecule has 5 saturated carbocycles. The molecule has 0 unspecified atom stereocenters. The summed E-state index contributed by atoms with van der Waals surface area (Å²) in [5, 5.41) is 0. The monoisotopic (exact) mass is 442 g/mol. The molecule has 9 rings (SSSR count). The number of carbonyl (C=O) groups excluding carboxylic acids is 3. The van der Waals surface area contributed by atoms with Crippen LogP contribution in [0, 0.1) is 58.2 Å². The number of hydrogen-bond donors (Lipinski definition) is 0. The van der Waals surface area contributed by atoms with Crippen molar-refractivity contribution < 1.29 is 23.9 Å². The third-order valence-electron chi connectivity index (χ3n) is 10.5. The maximum Gasteiger partial charge on any atom is 0.334 e. The number of carbonyl (C=O) groups is 3. The van der Waals surface area contributed by atoms with Crippen molar-refractivity contribution in [1.29, 1.82) is 0 Å². The van der Waals surface area contributed by atoms with Crippen LogP contribution in [0.3, 0.4) is 0 Å². The largest absolute Gasteiger partial charge is 0.466 e. The number of ketones is 1. The molecular formula is C23H22O5S2. The number of fused-ring (bicyclic) bond motifs is 2. The molecule has 5 nitrogen and oxygen atoms in total. The molecule has 3 spiro atoms. The van der Waals surface area contributed by atoms with Crippen LogP contribution < -0.4 is 0 Å². The standard InChI is InChI=1S/C23H22O5S2/c1-27-19(25)13-10-3-4-11(14(13)20(26)28-2)22-17-9-7-8-12(18(24)21(10,22)16(8)17)15(9)23(22)29-5-6-30-23/h3-4,8-12,15-17H,5-7H2,1-2H3/t8-,9+,10-,11+,12-,15+,16+,17-,21-,22-/m0/s1. The van der Waals surface area contributed by atoms with Gasteiger partial charge in [0.15, 0.2) is 0 Å². The smallest absolute Gasteiger partial charge is 0.334 e. The molecule has 0 N–H and O–H groups in total. The van der Waals surface area contributed by atoms with Crippen molar-refractivity contribution in [2.75, 3.05) is 25.7 Å². The molecule has 0 aromatic rings. The lowest BCUT2D eigenvalue weighted by atomic mass is 9.28. The summed E-state index contributed by atoms with van der Waals surface area (Å²) in [7, 11) is 2.75. The Bertz CT molecular complexity index is 1060. The van der Waals surface area contributed by atoms with Gasteiger partial charge in [-0.15, -0.1) is 23.5 Å². The molecule has 0 amide bonds. The Morgan fingerprint density at radius 1 is 0.933 bits per heavy atom. The van der Waals surface area contributed by atoms with E-state index < -0.39 is 17.4 Å². The number of hydrogen-bond acceptors (Lipinski definition) is 7. The summed E-state index contributed by atoms with van der Waals surface area (Å²) in [6, 6.07) is 0. The van der Waals surface area contributed by atoms with Crippen LogP contribution in [0.1, 0.15) is 6.42 Å². The molecule has 1 saturated heterocycles. The predicted octanol–water partition coefficient (Wildman–Crippen LogP) is 2.32. The summed E-state index contributed by atoms with van der Waals surface area (Å²) in [6.07, 6.45) is 5.40. The van der Waals surface area contributed by atoms with Gasteiger partial charge >= 0.3 is 11.9 Å². The average molecular weight is 443 g/mol. The Balaban J connectivity index is 1.50. The highest BCUT2D eigenvalue weighted by atomic mass is 32.2. The maximum absolute atomic E-state index is 14.2. The van der Waals surface area contributed by atoms with Crippen molar-refractivity contribution >= 4 is 41.2 Å². The molecule has 8 aliphatic carbocycles. The van der Waals surface area contributed by atoms with Crippen LogP contribution in [-0.2, 0) is 23.9 Å². The van der Waals surface area contributed by atoms with Gasteiger partial charge in [-0.2, -0.15) is 0 Å². The molecule has 9 aliphatic rings. The molecule has 0 radical (unpaired) electrons. The van der Waals surface area contributed by atoms with Gasteiger partial charge in [-0.05, 0) is 36.0 Å². The van der Waals surface area contributed by atoms with Crippen molar-refractivity contribution in [3.63, 3.8) is 0 Å². The highest BCUT2D eigenvalue weighted by Crippen LogP contribution is 3.01. The number of rotatable bonds is 2. The van der Waals surface area contributed by atoms with E-state index in [2.05, 4.69) is 35.7 Å². The first kappa shape index (κ1) is 17.4. The zero-order valence-electron chi connectivity index (χ0n) is 16.8. The van der Waals surface area contributed by atoms with E-state index in [9.17, 15) is 14.4 Å². The van der Waals surface area contributed by atoms with Crippen LogP contribution in [0.5, 0.6) is 0 Å². The second-order valence-corrected chi connectivity index (χ2v) is 13.2. The van der Waals surface area contributed by atoms with Crippen molar-refractivity contribution in [2.45, 2.75) is 10.5 Å². The van der Waals surface area contributed by atoms with Crippen LogP contribution in [0.25, 0.3) is 0 Å². The quantitative estimate of drug-likeness (QED) is 0.480. The van der Waals surface area contributed by atoms with Crippen LogP contribution >= 0.6 is 23.5 Å². The van der Waals surface area contributed by atoms with Crippen LogP contribution in [0.15, 0.2) is 23.3 Å². The first-order valence-electron chi connectivity index (χ1n) is 10.9. The summed E-state index contributed by atoms with van der Waals surface area (Å²) < 4.78 is 10.4. The second kappa shape index (κ2) is 4.75. The van der Waals surface area contributed by atoms with E-state index in [1.807, 2.05) is 0 Å². The molecule has 0 aromatic carbocycles. The zero-order valence-corrected chi connectivity index (χ0v) is 18.4. The number of Topliss-reactive ketones (excluding diaryl/α,β-unsaturated/α-hetero) is 1. The van der Waals surface area contributed by atoms with E-state index >= 15 is 0 Å². The van der Waals surface area contributed by atoms with E-state index in [4.69, 9.17) is 9.47 Å².